The maximum atomic E-state index is 11.6. The minimum absolute atomic E-state index is 0.0283. The van der Waals surface area contributed by atoms with Gasteiger partial charge in [0.15, 0.2) is 11.7 Å². The van der Waals surface area contributed by atoms with Crippen LogP contribution in [0.3, 0.4) is 0 Å². The molecular weight excluding hydrogens is 333 g/mol. The third kappa shape index (κ3) is 2.54. The van der Waals surface area contributed by atoms with Crippen LogP contribution in [0.15, 0.2) is 6.33 Å². The van der Waals surface area contributed by atoms with Crippen molar-refractivity contribution in [3.63, 3.8) is 0 Å². The molecule has 1 aromatic rings. The predicted molar refractivity (Wildman–Crippen MR) is 74.3 cm³/mol. The number of nitrogens with zero attached hydrogens (tertiary/aromatic N) is 3. The van der Waals surface area contributed by atoms with Gasteiger partial charge in [0.2, 0.25) is 0 Å². The van der Waals surface area contributed by atoms with Gasteiger partial charge in [-0.05, 0) is 0 Å². The lowest BCUT2D eigenvalue weighted by Gasteiger charge is -2.29. The number of hydrogen-bond acceptors (Lipinski definition) is 9. The highest BCUT2D eigenvalue weighted by atomic mass is 31.2. The Bertz CT molecular complexity index is 720. The Kier molecular flexibility index (Phi) is 3.92. The van der Waals surface area contributed by atoms with Gasteiger partial charge in [-0.3, -0.25) is 5.41 Å². The van der Waals surface area contributed by atoms with Crippen LogP contribution in [0.1, 0.15) is 0 Å². The van der Waals surface area contributed by atoms with E-state index in [0.717, 1.165) is 6.33 Å². The van der Waals surface area contributed by atoms with Gasteiger partial charge in [0.05, 0.1) is 13.3 Å². The third-order valence-electron chi connectivity index (χ3n) is 3.78. The molecule has 3 rings (SSSR count). The van der Waals surface area contributed by atoms with E-state index in [0.29, 0.717) is 4.34 Å². The van der Waals surface area contributed by atoms with Crippen LogP contribution in [0, 0.1) is 5.41 Å². The Balaban J connectivity index is 2.07. The minimum Gasteiger partial charge on any atom is -0.394 e. The fourth-order valence-electron chi connectivity index (χ4n) is 2.67. The summed E-state index contributed by atoms with van der Waals surface area (Å²) in [7, 11) is -4.77. The van der Waals surface area contributed by atoms with E-state index in [-0.39, 0.29) is 23.7 Å². The van der Waals surface area contributed by atoms with E-state index in [2.05, 4.69) is 10.3 Å². The summed E-state index contributed by atoms with van der Waals surface area (Å²) < 4.78 is 17.6. The van der Waals surface area contributed by atoms with Crippen LogP contribution >= 0.6 is 7.75 Å². The molecule has 0 amide bonds. The van der Waals surface area contributed by atoms with Crippen molar-refractivity contribution < 1.29 is 34.4 Å². The van der Waals surface area contributed by atoms with Gasteiger partial charge in [-0.1, -0.05) is 0 Å². The summed E-state index contributed by atoms with van der Waals surface area (Å²) in [5.41, 5.74) is -0.174. The lowest BCUT2D eigenvalue weighted by Crippen LogP contribution is -2.45. The Morgan fingerprint density at radius 1 is 1.43 bits per heavy atom. The average Bonchev–Trinajstić information content (AvgIpc) is 3.02. The van der Waals surface area contributed by atoms with Crippen molar-refractivity contribution in [1.82, 2.24) is 9.32 Å². The molecule has 4 atom stereocenters. The van der Waals surface area contributed by atoms with Gasteiger partial charge in [-0.25, -0.2) is 13.9 Å². The van der Waals surface area contributed by atoms with Gasteiger partial charge in [-0.15, -0.1) is 0 Å². The number of aliphatic hydroxyl groups excluding tert-OH is 3. The summed E-state index contributed by atoms with van der Waals surface area (Å²) in [6.45, 7) is -0.555. The highest BCUT2D eigenvalue weighted by Crippen LogP contribution is 2.45. The molecule has 3 heterocycles. The predicted octanol–water partition coefficient (Wildman–Crippen LogP) is -3.07. The molecule has 1 fully saturated rings. The van der Waals surface area contributed by atoms with Crippen molar-refractivity contribution in [2.75, 3.05) is 23.5 Å². The van der Waals surface area contributed by atoms with Crippen LogP contribution in [0.25, 0.3) is 0 Å². The van der Waals surface area contributed by atoms with Crippen LogP contribution < -0.4 is 15.7 Å². The molecule has 0 aromatic carbocycles. The number of nitrogens with one attached hydrogen (secondary N) is 2. The second-order valence-corrected chi connectivity index (χ2v) is 6.64. The molecular formula is C10H16N5O7P. The van der Waals surface area contributed by atoms with E-state index < -0.39 is 38.9 Å². The van der Waals surface area contributed by atoms with E-state index in [1.54, 1.807) is 0 Å². The molecule has 12 nitrogen and oxygen atoms in total. The quantitative estimate of drug-likeness (QED) is 0.276. The molecule has 1 saturated heterocycles. The summed E-state index contributed by atoms with van der Waals surface area (Å²) in [4.78, 5) is 23.8. The minimum atomic E-state index is -4.77. The van der Waals surface area contributed by atoms with Crippen molar-refractivity contribution in [2.24, 2.45) is 0 Å². The lowest BCUT2D eigenvalue weighted by atomic mass is 10.1. The highest BCUT2D eigenvalue weighted by Gasteiger charge is 2.48. The normalized spacial score (nSPS) is 30.4. The van der Waals surface area contributed by atoms with Crippen LogP contribution in [-0.4, -0.2) is 72.2 Å². The van der Waals surface area contributed by atoms with Crippen molar-refractivity contribution in [3.05, 3.63) is 11.8 Å². The molecule has 2 aliphatic rings. The third-order valence-corrected chi connectivity index (χ3v) is 4.63. The van der Waals surface area contributed by atoms with Crippen LogP contribution in [0.4, 0.5) is 11.5 Å². The molecule has 2 aliphatic heterocycles. The van der Waals surface area contributed by atoms with Crippen molar-refractivity contribution in [2.45, 2.75) is 24.5 Å². The number of aliphatic hydroxyl groups is 3. The van der Waals surface area contributed by atoms with E-state index in [4.69, 9.17) is 15.3 Å². The number of fused-ring (bicyclic) bond motifs is 1. The zero-order valence-corrected chi connectivity index (χ0v) is 12.5. The Hall–Kier alpha value is -1.53. The van der Waals surface area contributed by atoms with E-state index in [1.807, 2.05) is 0 Å². The number of rotatable bonds is 3. The fraction of sp³-hybridized carbons (Fsp3) is 0.600. The summed E-state index contributed by atoms with van der Waals surface area (Å²) in [6.07, 6.45) is -4.12. The molecule has 0 spiro atoms. The van der Waals surface area contributed by atoms with E-state index in [1.165, 1.54) is 4.90 Å². The first kappa shape index (κ1) is 16.3. The molecule has 23 heavy (non-hydrogen) atoms. The summed E-state index contributed by atoms with van der Waals surface area (Å²) in [5.74, 6) is -0.0897. The first-order chi connectivity index (χ1) is 10.8. The van der Waals surface area contributed by atoms with E-state index >= 15 is 0 Å². The standard InChI is InChI=1S/C10H16N5O7P/c11-8-5-9(15(3-13-8)23(19,20)21)14(2-12-5)10-7(18)6(17)4(1-16)22-10/h3-4,6-7,10-12,16-18H,1-2H2,(H2,19,20,21)/t4-,6-,7-,10-/m1/s1. The molecule has 0 aliphatic carbocycles. The second kappa shape index (κ2) is 5.53. The Labute approximate surface area is 129 Å². The van der Waals surface area contributed by atoms with Crippen molar-refractivity contribution in [1.29, 1.82) is 5.41 Å². The highest BCUT2D eigenvalue weighted by molar-refractivity contribution is 7.50. The van der Waals surface area contributed by atoms with Gasteiger partial charge < -0.3 is 40.1 Å². The zero-order valence-electron chi connectivity index (χ0n) is 11.6. The SMILES string of the molecule is N=c1ncn(P(=O)(O)O)c2c1NCN2[C@@H]1O[C@H](CO)[C@@H](O)[C@H]1O. The number of ether oxygens (including phenoxy) is 1. The van der Waals surface area contributed by atoms with Crippen molar-refractivity contribution >= 4 is 19.3 Å². The number of aromatic nitrogens is 2. The summed E-state index contributed by atoms with van der Waals surface area (Å²) in [6, 6.07) is 0. The monoisotopic (exact) mass is 349 g/mol. The average molecular weight is 349 g/mol. The van der Waals surface area contributed by atoms with Gasteiger partial charge in [0.25, 0.3) is 0 Å². The number of hydrogen-bond donors (Lipinski definition) is 7. The molecule has 0 radical (unpaired) electrons. The van der Waals surface area contributed by atoms with Crippen LogP contribution in [-0.2, 0) is 9.30 Å². The topological polar surface area (TPSA) is 184 Å². The molecule has 13 heteroatoms. The largest absolute Gasteiger partial charge is 0.436 e. The van der Waals surface area contributed by atoms with Gasteiger partial charge in [0.1, 0.15) is 36.1 Å². The molecule has 1 aromatic heterocycles. The van der Waals surface area contributed by atoms with Crippen LogP contribution in [0.5, 0.6) is 0 Å². The molecule has 128 valence electrons. The molecule has 0 bridgehead atoms. The van der Waals surface area contributed by atoms with Gasteiger partial charge >= 0.3 is 7.75 Å². The summed E-state index contributed by atoms with van der Waals surface area (Å²) in [5, 5.41) is 39.5. The van der Waals surface area contributed by atoms with E-state index in [9.17, 15) is 24.6 Å². The molecule has 7 N–H and O–H groups in total. The van der Waals surface area contributed by atoms with Crippen molar-refractivity contribution in [3.8, 4) is 0 Å². The summed E-state index contributed by atoms with van der Waals surface area (Å²) >= 11 is 0. The molecule has 0 saturated carbocycles. The second-order valence-electron chi connectivity index (χ2n) is 5.18. The first-order valence-electron chi connectivity index (χ1n) is 6.61. The maximum absolute atomic E-state index is 11.6. The number of anilines is 2. The smallest absolute Gasteiger partial charge is 0.394 e. The zero-order chi connectivity index (χ0) is 16.9. The van der Waals surface area contributed by atoms with Gasteiger partial charge in [0, 0.05) is 0 Å². The fourth-order valence-corrected chi connectivity index (χ4v) is 3.32. The first-order valence-corrected chi connectivity index (χ1v) is 8.18. The van der Waals surface area contributed by atoms with Gasteiger partial charge in [-0.2, -0.15) is 0 Å². The Morgan fingerprint density at radius 3 is 2.70 bits per heavy atom. The molecule has 0 unspecified atom stereocenters. The van der Waals surface area contributed by atoms with Crippen LogP contribution in [0.2, 0.25) is 0 Å². The maximum Gasteiger partial charge on any atom is 0.436 e. The Morgan fingerprint density at radius 2 is 2.13 bits per heavy atom. The lowest BCUT2D eigenvalue weighted by molar-refractivity contribution is -0.0220.